The van der Waals surface area contributed by atoms with Crippen LogP contribution in [-0.2, 0) is 9.59 Å². The normalized spacial score (nSPS) is 42.1. The number of hydrogen-bond donors (Lipinski definition) is 0. The van der Waals surface area contributed by atoms with Gasteiger partial charge in [0.05, 0.1) is 23.9 Å². The zero-order valence-corrected chi connectivity index (χ0v) is 9.45. The molecule has 1 saturated carbocycles. The number of rotatable bonds is 0. The summed E-state index contributed by atoms with van der Waals surface area (Å²) in [5.74, 6) is -0.295. The average Bonchev–Trinajstić information content (AvgIpc) is 2.96. The minimum atomic E-state index is -0.261. The number of carbonyl (C=O) groups excluding carboxylic acids is 2. The Morgan fingerprint density at radius 1 is 0.882 bits per heavy atom. The Hall–Kier alpha value is -1.58. The summed E-state index contributed by atoms with van der Waals surface area (Å²) in [6.45, 7) is 0. The van der Waals surface area contributed by atoms with Gasteiger partial charge in [-0.05, 0) is 19.3 Å². The summed E-state index contributed by atoms with van der Waals surface area (Å²) < 4.78 is 0. The van der Waals surface area contributed by atoms with Gasteiger partial charge in [0.2, 0.25) is 11.8 Å². The number of allylic oxidation sites excluding steroid dienone is 2. The van der Waals surface area contributed by atoms with Crippen LogP contribution in [0.1, 0.15) is 19.3 Å². The third kappa shape index (κ3) is 1.03. The highest BCUT2D eigenvalue weighted by atomic mass is 16.2. The molecule has 0 spiro atoms. The predicted octanol–water partition coefficient (Wildman–Crippen LogP) is 0.865. The number of amides is 2. The minimum Gasteiger partial charge on any atom is -0.272 e. The van der Waals surface area contributed by atoms with E-state index < -0.39 is 0 Å². The van der Waals surface area contributed by atoms with E-state index in [0.29, 0.717) is 0 Å². The van der Waals surface area contributed by atoms with E-state index in [1.807, 2.05) is 24.3 Å². The van der Waals surface area contributed by atoms with Crippen molar-refractivity contribution in [2.75, 3.05) is 0 Å². The highest BCUT2D eigenvalue weighted by Gasteiger charge is 2.56. The largest absolute Gasteiger partial charge is 0.272 e. The second-order valence-electron chi connectivity index (χ2n) is 5.31. The van der Waals surface area contributed by atoms with E-state index in [0.717, 1.165) is 19.3 Å². The molecule has 4 heteroatoms. The average molecular weight is 230 g/mol. The van der Waals surface area contributed by atoms with Crippen LogP contribution in [0.15, 0.2) is 24.3 Å². The summed E-state index contributed by atoms with van der Waals surface area (Å²) in [5, 5.41) is 3.50. The maximum absolute atomic E-state index is 12.4. The van der Waals surface area contributed by atoms with Gasteiger partial charge in [-0.15, -0.1) is 0 Å². The number of hydrogen-bond acceptors (Lipinski definition) is 2. The molecule has 0 radical (unpaired) electrons. The van der Waals surface area contributed by atoms with Crippen LogP contribution >= 0.6 is 0 Å². The van der Waals surface area contributed by atoms with Gasteiger partial charge < -0.3 is 0 Å². The molecule has 4 unspecified atom stereocenters. The maximum atomic E-state index is 12.4. The maximum Gasteiger partial charge on any atom is 0.249 e. The van der Waals surface area contributed by atoms with Crippen molar-refractivity contribution in [3.8, 4) is 0 Å². The molecule has 2 bridgehead atoms. The molecule has 2 amide bonds. The first kappa shape index (κ1) is 9.45. The highest BCUT2D eigenvalue weighted by molar-refractivity contribution is 5.96. The summed E-state index contributed by atoms with van der Waals surface area (Å²) in [5.41, 5.74) is 0. The number of carbonyl (C=O) groups is 2. The molecule has 4 rings (SSSR count). The molecule has 0 aromatic carbocycles. The molecule has 0 aromatic heterocycles. The monoisotopic (exact) mass is 230 g/mol. The Balaban J connectivity index is 1.79. The van der Waals surface area contributed by atoms with Crippen LogP contribution in [0.5, 0.6) is 0 Å². The molecule has 3 fully saturated rings. The van der Waals surface area contributed by atoms with Gasteiger partial charge in [-0.2, -0.15) is 0 Å². The fourth-order valence-electron chi connectivity index (χ4n) is 3.69. The summed E-state index contributed by atoms with van der Waals surface area (Å²) in [6, 6.07) is 0.549. The first-order chi connectivity index (χ1) is 8.27. The highest BCUT2D eigenvalue weighted by Crippen LogP contribution is 2.44. The molecule has 2 heterocycles. The molecule has 88 valence electrons. The van der Waals surface area contributed by atoms with E-state index in [2.05, 4.69) is 0 Å². The first-order valence-electron chi connectivity index (χ1n) is 6.28. The Bertz CT molecular complexity index is 426. The SMILES string of the molecule is O=C1C2C=CC=CC2C(=O)N2C3CCC(C3)N12. The van der Waals surface area contributed by atoms with Crippen molar-refractivity contribution >= 4 is 11.8 Å². The Kier molecular flexibility index (Phi) is 1.67. The smallest absolute Gasteiger partial charge is 0.249 e. The van der Waals surface area contributed by atoms with Gasteiger partial charge in [-0.3, -0.25) is 9.59 Å². The van der Waals surface area contributed by atoms with Crippen molar-refractivity contribution in [1.29, 1.82) is 0 Å². The first-order valence-corrected chi connectivity index (χ1v) is 6.28. The molecule has 2 saturated heterocycles. The molecule has 4 aliphatic rings. The topological polar surface area (TPSA) is 40.6 Å². The summed E-state index contributed by atoms with van der Waals surface area (Å²) in [6.07, 6.45) is 10.6. The number of hydrazine groups is 1. The Morgan fingerprint density at radius 2 is 1.35 bits per heavy atom. The molecule has 2 aliphatic carbocycles. The van der Waals surface area contributed by atoms with Crippen molar-refractivity contribution < 1.29 is 9.59 Å². The lowest BCUT2D eigenvalue weighted by Gasteiger charge is -2.46. The van der Waals surface area contributed by atoms with Gasteiger partial charge in [-0.1, -0.05) is 24.3 Å². The molecule has 0 aromatic rings. The van der Waals surface area contributed by atoms with E-state index in [1.54, 1.807) is 10.0 Å². The van der Waals surface area contributed by atoms with Gasteiger partial charge in [0.25, 0.3) is 0 Å². The molecular formula is C13H14N2O2. The standard InChI is InChI=1S/C13H14N2O2/c16-12-10-3-1-2-4-11(10)13(17)15-9-6-5-8(7-9)14(12)15/h1-4,8-11H,5-7H2. The van der Waals surface area contributed by atoms with Crippen LogP contribution in [0, 0.1) is 11.8 Å². The van der Waals surface area contributed by atoms with E-state index in [9.17, 15) is 9.59 Å². The quantitative estimate of drug-likeness (QED) is 0.619. The third-order valence-electron chi connectivity index (χ3n) is 4.46. The van der Waals surface area contributed by atoms with E-state index in [1.165, 1.54) is 0 Å². The molecular weight excluding hydrogens is 216 g/mol. The second-order valence-corrected chi connectivity index (χ2v) is 5.31. The Labute approximate surface area is 99.5 Å². The molecule has 2 aliphatic heterocycles. The van der Waals surface area contributed by atoms with Crippen molar-refractivity contribution in [1.82, 2.24) is 10.0 Å². The van der Waals surface area contributed by atoms with Gasteiger partial charge in [0.15, 0.2) is 0 Å². The molecule has 4 atom stereocenters. The zero-order valence-electron chi connectivity index (χ0n) is 9.45. The van der Waals surface area contributed by atoms with Gasteiger partial charge in [-0.25, -0.2) is 10.0 Å². The summed E-state index contributed by atoms with van der Waals surface area (Å²) >= 11 is 0. The van der Waals surface area contributed by atoms with Crippen LogP contribution in [-0.4, -0.2) is 33.9 Å². The minimum absolute atomic E-state index is 0.113. The van der Waals surface area contributed by atoms with Crippen LogP contribution in [0.4, 0.5) is 0 Å². The molecule has 0 N–H and O–H groups in total. The van der Waals surface area contributed by atoms with E-state index >= 15 is 0 Å². The lowest BCUT2D eigenvalue weighted by atomic mass is 9.84. The van der Waals surface area contributed by atoms with Gasteiger partial charge in [0.1, 0.15) is 0 Å². The summed E-state index contributed by atoms with van der Waals surface area (Å²) in [7, 11) is 0. The van der Waals surface area contributed by atoms with Crippen LogP contribution in [0.3, 0.4) is 0 Å². The Morgan fingerprint density at radius 3 is 1.82 bits per heavy atom. The van der Waals surface area contributed by atoms with Crippen LogP contribution < -0.4 is 0 Å². The third-order valence-corrected chi connectivity index (χ3v) is 4.46. The number of nitrogens with zero attached hydrogens (tertiary/aromatic N) is 2. The lowest BCUT2D eigenvalue weighted by Crippen LogP contribution is -2.62. The van der Waals surface area contributed by atoms with Crippen molar-refractivity contribution in [2.24, 2.45) is 11.8 Å². The second kappa shape index (κ2) is 3.00. The van der Waals surface area contributed by atoms with Gasteiger partial charge in [0, 0.05) is 0 Å². The van der Waals surface area contributed by atoms with Crippen molar-refractivity contribution in [2.45, 2.75) is 31.3 Å². The van der Waals surface area contributed by atoms with Gasteiger partial charge >= 0.3 is 0 Å². The van der Waals surface area contributed by atoms with Crippen molar-refractivity contribution in [3.63, 3.8) is 0 Å². The zero-order chi connectivity index (χ0) is 11.6. The van der Waals surface area contributed by atoms with Crippen LogP contribution in [0.2, 0.25) is 0 Å². The van der Waals surface area contributed by atoms with Crippen LogP contribution in [0.25, 0.3) is 0 Å². The molecule has 4 nitrogen and oxygen atoms in total. The summed E-state index contributed by atoms with van der Waals surface area (Å²) in [4.78, 5) is 24.8. The van der Waals surface area contributed by atoms with Crippen molar-refractivity contribution in [3.05, 3.63) is 24.3 Å². The fraction of sp³-hybridized carbons (Fsp3) is 0.538. The number of fused-ring (bicyclic) bond motifs is 6. The predicted molar refractivity (Wildman–Crippen MR) is 60.4 cm³/mol. The fourth-order valence-corrected chi connectivity index (χ4v) is 3.69. The molecule has 17 heavy (non-hydrogen) atoms. The van der Waals surface area contributed by atoms with E-state index in [4.69, 9.17) is 0 Å². The lowest BCUT2D eigenvalue weighted by molar-refractivity contribution is -0.182. The van der Waals surface area contributed by atoms with E-state index in [-0.39, 0.29) is 35.7 Å².